The highest BCUT2D eigenvalue weighted by Crippen LogP contribution is 1.97. The van der Waals surface area contributed by atoms with Crippen LogP contribution < -0.4 is 22.9 Å². The summed E-state index contributed by atoms with van der Waals surface area (Å²) in [6.07, 6.45) is 2.73. The Morgan fingerprint density at radius 2 is 1.70 bits per heavy atom. The van der Waals surface area contributed by atoms with Crippen molar-refractivity contribution in [2.75, 3.05) is 0 Å². The molecule has 0 aliphatic carbocycles. The van der Waals surface area contributed by atoms with E-state index in [1.807, 2.05) is 0 Å². The largest absolute Gasteiger partial charge is 0.405 e. The molecule has 0 saturated heterocycles. The molecule has 0 atom stereocenters. The monoisotopic (exact) mass is 140 g/mol. The summed E-state index contributed by atoms with van der Waals surface area (Å²) in [5.74, 6) is 0. The molecule has 0 saturated carbocycles. The van der Waals surface area contributed by atoms with Gasteiger partial charge in [-0.1, -0.05) is 6.58 Å². The van der Waals surface area contributed by atoms with Crippen LogP contribution >= 0.6 is 0 Å². The average molecular weight is 140 g/mol. The van der Waals surface area contributed by atoms with Crippen molar-refractivity contribution in [3.63, 3.8) is 0 Å². The van der Waals surface area contributed by atoms with E-state index in [1.54, 1.807) is 0 Å². The lowest BCUT2D eigenvalue weighted by atomic mass is 10.3. The normalized spacial score (nSPS) is 13.2. The van der Waals surface area contributed by atoms with Crippen molar-refractivity contribution in [2.45, 2.75) is 0 Å². The third-order valence-corrected chi connectivity index (χ3v) is 0.933. The summed E-state index contributed by atoms with van der Waals surface area (Å²) in [5.41, 5.74) is 21.9. The van der Waals surface area contributed by atoms with Crippen LogP contribution in [0.25, 0.3) is 0 Å². The van der Waals surface area contributed by atoms with Gasteiger partial charge in [-0.05, 0) is 12.3 Å². The first kappa shape index (κ1) is 8.42. The fourth-order valence-corrected chi connectivity index (χ4v) is 0.379. The van der Waals surface area contributed by atoms with Crippen molar-refractivity contribution in [3.8, 4) is 0 Å². The minimum Gasteiger partial charge on any atom is -0.405 e. The Morgan fingerprint density at radius 3 is 2.00 bits per heavy atom. The zero-order valence-corrected chi connectivity index (χ0v) is 5.67. The Balaban J connectivity index is 4.50. The first-order valence-electron chi connectivity index (χ1n) is 2.67. The molecule has 0 aromatic heterocycles. The highest BCUT2D eigenvalue weighted by molar-refractivity contribution is 5.32. The molecule has 0 aromatic rings. The lowest BCUT2D eigenvalue weighted by Crippen LogP contribution is -2.14. The predicted molar refractivity (Wildman–Crippen MR) is 42.1 cm³/mol. The zero-order chi connectivity index (χ0) is 8.15. The van der Waals surface area contributed by atoms with Crippen LogP contribution in [-0.4, -0.2) is 0 Å². The van der Waals surface area contributed by atoms with Gasteiger partial charge in [0.15, 0.2) is 0 Å². The molecular formula is C6H12N4. The molecule has 0 unspecified atom stereocenters. The maximum absolute atomic E-state index is 5.38. The Bertz CT molecular complexity index is 190. The second-order valence-corrected chi connectivity index (χ2v) is 1.75. The van der Waals surface area contributed by atoms with Crippen LogP contribution in [0.2, 0.25) is 0 Å². The van der Waals surface area contributed by atoms with Crippen molar-refractivity contribution in [3.05, 3.63) is 35.9 Å². The molecule has 0 aliphatic rings. The van der Waals surface area contributed by atoms with Crippen LogP contribution in [0.1, 0.15) is 0 Å². The van der Waals surface area contributed by atoms with E-state index < -0.39 is 0 Å². The van der Waals surface area contributed by atoms with E-state index in [2.05, 4.69) is 6.58 Å². The Labute approximate surface area is 59.9 Å². The Morgan fingerprint density at radius 1 is 1.20 bits per heavy atom. The fraction of sp³-hybridized carbons (Fsp3) is 0. The van der Waals surface area contributed by atoms with E-state index in [0.717, 1.165) is 0 Å². The van der Waals surface area contributed by atoms with Crippen LogP contribution in [0.15, 0.2) is 35.9 Å². The molecule has 8 N–H and O–H groups in total. The molecule has 0 radical (unpaired) electrons. The molecule has 10 heavy (non-hydrogen) atoms. The summed E-state index contributed by atoms with van der Waals surface area (Å²) in [6.45, 7) is 3.40. The summed E-state index contributed by atoms with van der Waals surface area (Å²) in [7, 11) is 0. The third kappa shape index (κ3) is 2.13. The number of rotatable bonds is 2. The SMILES string of the molecule is C=C(N)/C(N)=C(N)\C=C/N. The lowest BCUT2D eigenvalue weighted by molar-refractivity contribution is 1.18. The van der Waals surface area contributed by atoms with Gasteiger partial charge in [0.2, 0.25) is 0 Å². The van der Waals surface area contributed by atoms with Crippen LogP contribution in [0.4, 0.5) is 0 Å². The smallest absolute Gasteiger partial charge is 0.0775 e. The topological polar surface area (TPSA) is 104 Å². The first-order valence-corrected chi connectivity index (χ1v) is 2.67. The van der Waals surface area contributed by atoms with E-state index in [-0.39, 0.29) is 11.4 Å². The number of allylic oxidation sites excluding steroid dienone is 1. The zero-order valence-electron chi connectivity index (χ0n) is 5.67. The van der Waals surface area contributed by atoms with Gasteiger partial charge in [-0.3, -0.25) is 0 Å². The van der Waals surface area contributed by atoms with E-state index in [9.17, 15) is 0 Å². The lowest BCUT2D eigenvalue weighted by Gasteiger charge is -2.00. The van der Waals surface area contributed by atoms with Gasteiger partial charge in [-0.2, -0.15) is 0 Å². The minimum absolute atomic E-state index is 0.246. The van der Waals surface area contributed by atoms with Gasteiger partial charge in [0, 0.05) is 5.70 Å². The fourth-order valence-electron chi connectivity index (χ4n) is 0.379. The van der Waals surface area contributed by atoms with E-state index in [4.69, 9.17) is 22.9 Å². The quantitative estimate of drug-likeness (QED) is 0.371. The molecule has 56 valence electrons. The summed E-state index contributed by atoms with van der Waals surface area (Å²) in [6, 6.07) is 0. The second-order valence-electron chi connectivity index (χ2n) is 1.75. The summed E-state index contributed by atoms with van der Waals surface area (Å²) in [5, 5.41) is 0. The van der Waals surface area contributed by atoms with Gasteiger partial charge >= 0.3 is 0 Å². The van der Waals surface area contributed by atoms with Gasteiger partial charge < -0.3 is 22.9 Å². The molecule has 4 heteroatoms. The molecule has 4 nitrogen and oxygen atoms in total. The molecule has 0 rings (SSSR count). The van der Waals surface area contributed by atoms with Crippen molar-refractivity contribution in [2.24, 2.45) is 22.9 Å². The molecule has 0 aliphatic heterocycles. The molecule has 0 amide bonds. The van der Waals surface area contributed by atoms with Crippen LogP contribution in [0.3, 0.4) is 0 Å². The summed E-state index contributed by atoms with van der Waals surface area (Å²) < 4.78 is 0. The summed E-state index contributed by atoms with van der Waals surface area (Å²) >= 11 is 0. The first-order chi connectivity index (χ1) is 4.59. The van der Waals surface area contributed by atoms with Gasteiger partial charge in [-0.25, -0.2) is 0 Å². The molecule has 0 spiro atoms. The van der Waals surface area contributed by atoms with E-state index in [1.165, 1.54) is 12.3 Å². The maximum atomic E-state index is 5.38. The summed E-state index contributed by atoms with van der Waals surface area (Å²) in [4.78, 5) is 0. The molecule has 0 bridgehead atoms. The van der Waals surface area contributed by atoms with Crippen LogP contribution in [-0.2, 0) is 0 Å². The Kier molecular flexibility index (Phi) is 2.90. The number of nitrogens with two attached hydrogens (primary N) is 4. The molecule has 0 aromatic carbocycles. The number of hydrogen-bond donors (Lipinski definition) is 4. The van der Waals surface area contributed by atoms with Crippen LogP contribution in [0.5, 0.6) is 0 Å². The van der Waals surface area contributed by atoms with E-state index in [0.29, 0.717) is 5.70 Å². The minimum atomic E-state index is 0.246. The van der Waals surface area contributed by atoms with Crippen molar-refractivity contribution >= 4 is 0 Å². The average Bonchev–Trinajstić information content (AvgIpc) is 1.87. The Hall–Kier alpha value is -1.58. The van der Waals surface area contributed by atoms with Crippen molar-refractivity contribution in [1.82, 2.24) is 0 Å². The second kappa shape index (κ2) is 3.45. The highest BCUT2D eigenvalue weighted by Gasteiger charge is 1.94. The van der Waals surface area contributed by atoms with Gasteiger partial charge in [0.25, 0.3) is 0 Å². The van der Waals surface area contributed by atoms with Crippen LogP contribution in [0, 0.1) is 0 Å². The number of hydrogen-bond acceptors (Lipinski definition) is 4. The maximum Gasteiger partial charge on any atom is 0.0775 e. The third-order valence-electron chi connectivity index (χ3n) is 0.933. The van der Waals surface area contributed by atoms with Gasteiger partial charge in [0.05, 0.1) is 11.4 Å². The van der Waals surface area contributed by atoms with E-state index >= 15 is 0 Å². The molecule has 0 heterocycles. The van der Waals surface area contributed by atoms with Gasteiger partial charge in [0.1, 0.15) is 0 Å². The molecule has 0 fully saturated rings. The molecular weight excluding hydrogens is 128 g/mol. The highest BCUT2D eigenvalue weighted by atomic mass is 14.7. The van der Waals surface area contributed by atoms with Crippen molar-refractivity contribution in [1.29, 1.82) is 0 Å². The standard InChI is InChI=1S/C6H12N4/c1-4(8)6(10)5(9)2-3-7/h2-3H,1,7-10H2/b3-2-,6-5-. The van der Waals surface area contributed by atoms with Gasteiger partial charge in [-0.15, -0.1) is 0 Å². The predicted octanol–water partition coefficient (Wildman–Crippen LogP) is -0.940. The van der Waals surface area contributed by atoms with Crippen molar-refractivity contribution < 1.29 is 0 Å².